The summed E-state index contributed by atoms with van der Waals surface area (Å²) in [6, 6.07) is 7.74. The van der Waals surface area contributed by atoms with Crippen LogP contribution < -0.4 is 4.72 Å². The fraction of sp³-hybridized carbons (Fsp3) is 0.250. The second-order valence-electron chi connectivity index (χ2n) is 5.46. The molecule has 0 aliphatic rings. The molecule has 2 rings (SSSR count). The van der Waals surface area contributed by atoms with Gasteiger partial charge in [-0.15, -0.1) is 0 Å². The first-order valence-electron chi connectivity index (χ1n) is 7.07. The summed E-state index contributed by atoms with van der Waals surface area (Å²) in [5.74, 6) is -2.80. The first-order chi connectivity index (χ1) is 11.2. The summed E-state index contributed by atoms with van der Waals surface area (Å²) in [5.41, 5.74) is 0.591. The van der Waals surface area contributed by atoms with Gasteiger partial charge in [0.1, 0.15) is 5.82 Å². The number of nitrogens with one attached hydrogen (secondary N) is 1. The minimum absolute atomic E-state index is 0.0578. The summed E-state index contributed by atoms with van der Waals surface area (Å²) in [7, 11) is -0.576. The highest BCUT2D eigenvalue weighted by Crippen LogP contribution is 2.20. The average molecular weight is 358 g/mol. The van der Waals surface area contributed by atoms with E-state index >= 15 is 0 Å². The van der Waals surface area contributed by atoms with Gasteiger partial charge in [-0.05, 0) is 50.0 Å². The van der Waals surface area contributed by atoms with Crippen LogP contribution in [0.15, 0.2) is 47.4 Å². The molecule has 0 amide bonds. The molecule has 0 fully saturated rings. The predicted molar refractivity (Wildman–Crippen MR) is 84.4 cm³/mol. The van der Waals surface area contributed by atoms with E-state index in [0.29, 0.717) is 11.6 Å². The van der Waals surface area contributed by atoms with E-state index in [1.165, 1.54) is 18.2 Å². The first-order valence-corrected chi connectivity index (χ1v) is 8.55. The molecule has 8 heteroatoms. The van der Waals surface area contributed by atoms with Crippen molar-refractivity contribution in [2.24, 2.45) is 0 Å². The summed E-state index contributed by atoms with van der Waals surface area (Å²) >= 11 is 0. The SMILES string of the molecule is CN(C)[C@H](CNS(=O)(=O)c1ccc(F)c(F)c1)c1cccc(F)c1. The molecule has 0 saturated carbocycles. The van der Waals surface area contributed by atoms with Gasteiger partial charge < -0.3 is 4.90 Å². The van der Waals surface area contributed by atoms with Crippen molar-refractivity contribution in [1.29, 1.82) is 0 Å². The number of nitrogens with zero attached hydrogens (tertiary/aromatic N) is 1. The number of halogens is 3. The highest BCUT2D eigenvalue weighted by molar-refractivity contribution is 7.89. The number of rotatable bonds is 6. The van der Waals surface area contributed by atoms with Gasteiger partial charge in [-0.1, -0.05) is 12.1 Å². The number of sulfonamides is 1. The summed E-state index contributed by atoms with van der Waals surface area (Å²) in [5, 5.41) is 0. The molecule has 0 aliphatic carbocycles. The maximum absolute atomic E-state index is 13.4. The summed E-state index contributed by atoms with van der Waals surface area (Å²) in [4.78, 5) is 1.35. The van der Waals surface area contributed by atoms with Crippen LogP contribution in [0.2, 0.25) is 0 Å². The Morgan fingerprint density at radius 3 is 2.33 bits per heavy atom. The first kappa shape index (κ1) is 18.4. The molecule has 0 unspecified atom stereocenters. The van der Waals surface area contributed by atoms with Crippen molar-refractivity contribution in [3.05, 3.63) is 65.5 Å². The van der Waals surface area contributed by atoms with Gasteiger partial charge in [-0.3, -0.25) is 0 Å². The number of benzene rings is 2. The van der Waals surface area contributed by atoms with Gasteiger partial charge in [-0.2, -0.15) is 0 Å². The zero-order chi connectivity index (χ0) is 17.9. The Morgan fingerprint density at radius 1 is 1.04 bits per heavy atom. The Bertz CT molecular complexity index is 826. The third-order valence-electron chi connectivity index (χ3n) is 3.52. The number of hydrogen-bond acceptors (Lipinski definition) is 3. The molecule has 0 bridgehead atoms. The van der Waals surface area contributed by atoms with Crippen molar-refractivity contribution >= 4 is 10.0 Å². The van der Waals surface area contributed by atoms with Gasteiger partial charge in [0.2, 0.25) is 10.0 Å². The third-order valence-corrected chi connectivity index (χ3v) is 4.95. The second kappa shape index (κ2) is 7.33. The molecule has 0 aromatic heterocycles. The molecular weight excluding hydrogens is 341 g/mol. The van der Waals surface area contributed by atoms with Crippen molar-refractivity contribution in [3.8, 4) is 0 Å². The maximum Gasteiger partial charge on any atom is 0.240 e. The average Bonchev–Trinajstić information content (AvgIpc) is 2.49. The monoisotopic (exact) mass is 358 g/mol. The van der Waals surface area contributed by atoms with Crippen molar-refractivity contribution in [2.75, 3.05) is 20.6 Å². The Morgan fingerprint density at radius 2 is 1.75 bits per heavy atom. The minimum Gasteiger partial charge on any atom is -0.301 e. The van der Waals surface area contributed by atoms with E-state index in [0.717, 1.165) is 12.1 Å². The van der Waals surface area contributed by atoms with E-state index in [-0.39, 0.29) is 11.4 Å². The summed E-state index contributed by atoms with van der Waals surface area (Å²) in [6.07, 6.45) is 0. The van der Waals surface area contributed by atoms with Gasteiger partial charge in [0, 0.05) is 12.6 Å². The lowest BCUT2D eigenvalue weighted by Crippen LogP contribution is -2.34. The highest BCUT2D eigenvalue weighted by atomic mass is 32.2. The topological polar surface area (TPSA) is 49.4 Å². The van der Waals surface area contributed by atoms with E-state index < -0.39 is 33.5 Å². The molecule has 4 nitrogen and oxygen atoms in total. The third kappa shape index (κ3) is 4.34. The van der Waals surface area contributed by atoms with Crippen molar-refractivity contribution in [1.82, 2.24) is 9.62 Å². The number of hydrogen-bond donors (Lipinski definition) is 1. The fourth-order valence-electron chi connectivity index (χ4n) is 2.23. The van der Waals surface area contributed by atoms with E-state index in [1.807, 2.05) is 0 Å². The molecule has 2 aromatic carbocycles. The lowest BCUT2D eigenvalue weighted by Gasteiger charge is -2.25. The predicted octanol–water partition coefficient (Wildman–Crippen LogP) is 2.69. The van der Waals surface area contributed by atoms with Crippen LogP contribution in [-0.4, -0.2) is 34.0 Å². The Labute approximate surface area is 139 Å². The maximum atomic E-state index is 13.4. The van der Waals surface area contributed by atoms with Gasteiger partial charge in [0.05, 0.1) is 4.90 Å². The van der Waals surface area contributed by atoms with Gasteiger partial charge in [0.25, 0.3) is 0 Å². The van der Waals surface area contributed by atoms with Crippen LogP contribution in [0.25, 0.3) is 0 Å². The smallest absolute Gasteiger partial charge is 0.240 e. The molecule has 0 saturated heterocycles. The number of likely N-dealkylation sites (N-methyl/N-ethyl adjacent to an activating group) is 1. The van der Waals surface area contributed by atoms with Gasteiger partial charge in [0.15, 0.2) is 11.6 Å². The molecule has 0 heterocycles. The molecule has 0 spiro atoms. The van der Waals surface area contributed by atoms with Gasteiger partial charge in [-0.25, -0.2) is 26.3 Å². The zero-order valence-electron chi connectivity index (χ0n) is 13.1. The van der Waals surface area contributed by atoms with E-state index in [4.69, 9.17) is 0 Å². The van der Waals surface area contributed by atoms with Crippen LogP contribution in [0.5, 0.6) is 0 Å². The molecule has 1 N–H and O–H groups in total. The van der Waals surface area contributed by atoms with Crippen LogP contribution >= 0.6 is 0 Å². The molecule has 2 aromatic rings. The van der Waals surface area contributed by atoms with Crippen LogP contribution in [0.3, 0.4) is 0 Å². The van der Waals surface area contributed by atoms with E-state index in [2.05, 4.69) is 4.72 Å². The van der Waals surface area contributed by atoms with Crippen LogP contribution in [0.4, 0.5) is 13.2 Å². The Kier molecular flexibility index (Phi) is 5.63. The molecular formula is C16H17F3N2O2S. The molecule has 0 aliphatic heterocycles. The molecule has 130 valence electrons. The normalized spacial score (nSPS) is 13.2. The van der Waals surface area contributed by atoms with Crippen LogP contribution in [0.1, 0.15) is 11.6 Å². The lowest BCUT2D eigenvalue weighted by atomic mass is 10.1. The molecule has 0 radical (unpaired) electrons. The van der Waals surface area contributed by atoms with E-state index in [1.54, 1.807) is 25.1 Å². The quantitative estimate of drug-likeness (QED) is 0.864. The molecule has 24 heavy (non-hydrogen) atoms. The summed E-state index contributed by atoms with van der Waals surface area (Å²) < 4.78 is 66.3. The Hall–Kier alpha value is -1.90. The van der Waals surface area contributed by atoms with Gasteiger partial charge >= 0.3 is 0 Å². The zero-order valence-corrected chi connectivity index (χ0v) is 13.9. The van der Waals surface area contributed by atoms with Crippen molar-refractivity contribution in [3.63, 3.8) is 0 Å². The highest BCUT2D eigenvalue weighted by Gasteiger charge is 2.21. The largest absolute Gasteiger partial charge is 0.301 e. The second-order valence-corrected chi connectivity index (χ2v) is 7.23. The van der Waals surface area contributed by atoms with Crippen molar-refractivity contribution in [2.45, 2.75) is 10.9 Å². The summed E-state index contributed by atoms with van der Waals surface area (Å²) in [6.45, 7) is -0.0578. The Balaban J connectivity index is 2.20. The van der Waals surface area contributed by atoms with Crippen LogP contribution in [0, 0.1) is 17.5 Å². The van der Waals surface area contributed by atoms with Crippen molar-refractivity contribution < 1.29 is 21.6 Å². The lowest BCUT2D eigenvalue weighted by molar-refractivity contribution is 0.299. The van der Waals surface area contributed by atoms with E-state index in [9.17, 15) is 21.6 Å². The standard InChI is InChI=1S/C16H17F3N2O2S/c1-21(2)16(11-4-3-5-12(17)8-11)10-20-24(22,23)13-6-7-14(18)15(19)9-13/h3-9,16,20H,10H2,1-2H3/t16-/m1/s1. The van der Waals surface area contributed by atoms with Crippen LogP contribution in [-0.2, 0) is 10.0 Å². The fourth-order valence-corrected chi connectivity index (χ4v) is 3.28. The minimum atomic E-state index is -4.02. The molecule has 1 atom stereocenters.